The summed E-state index contributed by atoms with van der Waals surface area (Å²) < 4.78 is 1.83. The van der Waals surface area contributed by atoms with E-state index in [0.29, 0.717) is 6.04 Å². The van der Waals surface area contributed by atoms with Gasteiger partial charge in [-0.2, -0.15) is 0 Å². The smallest absolute Gasteiger partial charge is 0.0738 e. The zero-order valence-electron chi connectivity index (χ0n) is 12.6. The van der Waals surface area contributed by atoms with Crippen molar-refractivity contribution in [2.75, 3.05) is 13.1 Å². The molecule has 0 bridgehead atoms. The summed E-state index contributed by atoms with van der Waals surface area (Å²) in [5.41, 5.74) is 2.53. The van der Waals surface area contributed by atoms with Crippen molar-refractivity contribution in [1.29, 1.82) is 0 Å². The summed E-state index contributed by atoms with van der Waals surface area (Å²) in [4.78, 5) is 2.54. The highest BCUT2D eigenvalue weighted by molar-refractivity contribution is 5.14. The fourth-order valence-corrected chi connectivity index (χ4v) is 2.93. The number of aromatic nitrogens is 3. The Morgan fingerprint density at radius 1 is 1.29 bits per heavy atom. The lowest BCUT2D eigenvalue weighted by atomic mass is 10.0. The molecule has 3 rings (SSSR count). The van der Waals surface area contributed by atoms with Gasteiger partial charge < -0.3 is 5.32 Å². The van der Waals surface area contributed by atoms with Crippen molar-refractivity contribution < 1.29 is 0 Å². The number of hydrogen-bond acceptors (Lipinski definition) is 4. The minimum absolute atomic E-state index is 0.553. The molecule has 0 saturated carbocycles. The van der Waals surface area contributed by atoms with Gasteiger partial charge in [-0.25, -0.2) is 0 Å². The van der Waals surface area contributed by atoms with Crippen LogP contribution in [0.1, 0.15) is 24.1 Å². The van der Waals surface area contributed by atoms with Crippen LogP contribution in [0.2, 0.25) is 0 Å². The largest absolute Gasteiger partial charge is 0.307 e. The third-order valence-electron chi connectivity index (χ3n) is 4.13. The number of benzene rings is 1. The predicted octanol–water partition coefficient (Wildman–Crippen LogP) is 1.57. The van der Waals surface area contributed by atoms with Gasteiger partial charge in [-0.3, -0.25) is 9.58 Å². The zero-order chi connectivity index (χ0) is 14.5. The molecule has 0 amide bonds. The van der Waals surface area contributed by atoms with Gasteiger partial charge in [0.2, 0.25) is 0 Å². The second kappa shape index (κ2) is 6.83. The first kappa shape index (κ1) is 14.2. The molecule has 0 aliphatic carbocycles. The summed E-state index contributed by atoms with van der Waals surface area (Å²) in [6.07, 6.45) is 4.34. The topological polar surface area (TPSA) is 46.0 Å². The molecule has 112 valence electrons. The SMILES string of the molecule is Cn1nncc1CNC1CCCN(Cc2ccccc2)C1. The first-order chi connectivity index (χ1) is 10.3. The van der Waals surface area contributed by atoms with Gasteiger partial charge in [0.25, 0.3) is 0 Å². The van der Waals surface area contributed by atoms with E-state index in [1.54, 1.807) is 0 Å². The van der Waals surface area contributed by atoms with E-state index < -0.39 is 0 Å². The van der Waals surface area contributed by atoms with Crippen molar-refractivity contribution in [2.24, 2.45) is 7.05 Å². The lowest BCUT2D eigenvalue weighted by Crippen LogP contribution is -2.45. The molecule has 1 aliphatic heterocycles. The highest BCUT2D eigenvalue weighted by Gasteiger charge is 2.19. The second-order valence-electron chi connectivity index (χ2n) is 5.79. The van der Waals surface area contributed by atoms with Crippen molar-refractivity contribution in [3.05, 3.63) is 47.8 Å². The van der Waals surface area contributed by atoms with E-state index in [1.807, 2.05) is 17.9 Å². The average molecular weight is 285 g/mol. The lowest BCUT2D eigenvalue weighted by molar-refractivity contribution is 0.182. The molecule has 1 aromatic carbocycles. The summed E-state index contributed by atoms with van der Waals surface area (Å²) in [5, 5.41) is 11.5. The number of piperidine rings is 1. The van der Waals surface area contributed by atoms with E-state index in [4.69, 9.17) is 0 Å². The van der Waals surface area contributed by atoms with Crippen LogP contribution in [0.25, 0.3) is 0 Å². The summed E-state index contributed by atoms with van der Waals surface area (Å²) >= 11 is 0. The standard InChI is InChI=1S/C16H23N5/c1-20-16(11-18-19-20)10-17-15-8-5-9-21(13-15)12-14-6-3-2-4-7-14/h2-4,6-7,11,15,17H,5,8-10,12-13H2,1H3. The van der Waals surface area contributed by atoms with Gasteiger partial charge in [0, 0.05) is 32.7 Å². The van der Waals surface area contributed by atoms with E-state index in [-0.39, 0.29) is 0 Å². The van der Waals surface area contributed by atoms with Crippen LogP contribution in [-0.4, -0.2) is 39.0 Å². The fraction of sp³-hybridized carbons (Fsp3) is 0.500. The van der Waals surface area contributed by atoms with Crippen molar-refractivity contribution >= 4 is 0 Å². The summed E-state index contributed by atoms with van der Waals surface area (Å²) in [6.45, 7) is 4.19. The molecule has 1 atom stereocenters. The maximum absolute atomic E-state index is 3.97. The Morgan fingerprint density at radius 2 is 2.14 bits per heavy atom. The van der Waals surface area contributed by atoms with Crippen LogP contribution in [-0.2, 0) is 20.1 Å². The van der Waals surface area contributed by atoms with E-state index >= 15 is 0 Å². The zero-order valence-corrected chi connectivity index (χ0v) is 12.6. The van der Waals surface area contributed by atoms with Crippen LogP contribution >= 0.6 is 0 Å². The Kier molecular flexibility index (Phi) is 4.62. The van der Waals surface area contributed by atoms with Crippen molar-refractivity contribution in [3.8, 4) is 0 Å². The van der Waals surface area contributed by atoms with E-state index in [9.17, 15) is 0 Å². The number of rotatable bonds is 5. The molecular weight excluding hydrogens is 262 g/mol. The number of aryl methyl sites for hydroxylation is 1. The van der Waals surface area contributed by atoms with E-state index in [2.05, 4.69) is 50.9 Å². The Morgan fingerprint density at radius 3 is 2.90 bits per heavy atom. The van der Waals surface area contributed by atoms with Crippen molar-refractivity contribution in [2.45, 2.75) is 32.0 Å². The first-order valence-corrected chi connectivity index (χ1v) is 7.64. The van der Waals surface area contributed by atoms with Gasteiger partial charge in [-0.15, -0.1) is 5.10 Å². The van der Waals surface area contributed by atoms with Crippen molar-refractivity contribution in [3.63, 3.8) is 0 Å². The fourth-order valence-electron chi connectivity index (χ4n) is 2.93. The molecule has 1 aromatic heterocycles. The minimum atomic E-state index is 0.553. The van der Waals surface area contributed by atoms with Gasteiger partial charge in [0.1, 0.15) is 0 Å². The van der Waals surface area contributed by atoms with Crippen LogP contribution in [0.5, 0.6) is 0 Å². The molecular formula is C16H23N5. The predicted molar refractivity (Wildman–Crippen MR) is 82.6 cm³/mol. The van der Waals surface area contributed by atoms with Gasteiger partial charge in [-0.1, -0.05) is 35.5 Å². The molecule has 1 saturated heterocycles. The first-order valence-electron chi connectivity index (χ1n) is 7.64. The molecule has 1 N–H and O–H groups in total. The van der Waals surface area contributed by atoms with Gasteiger partial charge in [0.05, 0.1) is 11.9 Å². The Balaban J connectivity index is 1.50. The molecule has 1 fully saturated rings. The van der Waals surface area contributed by atoms with Crippen LogP contribution in [0.15, 0.2) is 36.5 Å². The highest BCUT2D eigenvalue weighted by Crippen LogP contribution is 2.14. The van der Waals surface area contributed by atoms with Crippen LogP contribution in [0.3, 0.4) is 0 Å². The molecule has 1 unspecified atom stereocenters. The molecule has 2 aromatic rings. The van der Waals surface area contributed by atoms with Crippen LogP contribution in [0, 0.1) is 0 Å². The molecule has 0 spiro atoms. The lowest BCUT2D eigenvalue weighted by Gasteiger charge is -2.33. The molecule has 21 heavy (non-hydrogen) atoms. The second-order valence-corrected chi connectivity index (χ2v) is 5.79. The van der Waals surface area contributed by atoms with E-state index in [1.165, 1.54) is 24.9 Å². The quantitative estimate of drug-likeness (QED) is 0.906. The van der Waals surface area contributed by atoms with Crippen LogP contribution in [0.4, 0.5) is 0 Å². The average Bonchev–Trinajstić information content (AvgIpc) is 2.92. The van der Waals surface area contributed by atoms with Crippen LogP contribution < -0.4 is 5.32 Å². The molecule has 0 radical (unpaired) electrons. The number of nitrogens with one attached hydrogen (secondary N) is 1. The summed E-state index contributed by atoms with van der Waals surface area (Å²) in [6, 6.07) is 11.3. The third-order valence-corrected chi connectivity index (χ3v) is 4.13. The summed E-state index contributed by atoms with van der Waals surface area (Å²) in [7, 11) is 1.94. The number of hydrogen-bond donors (Lipinski definition) is 1. The van der Waals surface area contributed by atoms with Gasteiger partial charge >= 0.3 is 0 Å². The van der Waals surface area contributed by atoms with Gasteiger partial charge in [-0.05, 0) is 24.9 Å². The molecule has 5 nitrogen and oxygen atoms in total. The molecule has 2 heterocycles. The highest BCUT2D eigenvalue weighted by atomic mass is 15.4. The van der Waals surface area contributed by atoms with Crippen molar-refractivity contribution in [1.82, 2.24) is 25.2 Å². The van der Waals surface area contributed by atoms with Gasteiger partial charge in [0.15, 0.2) is 0 Å². The maximum Gasteiger partial charge on any atom is 0.0738 e. The number of likely N-dealkylation sites (tertiary alicyclic amines) is 1. The normalized spacial score (nSPS) is 19.8. The Hall–Kier alpha value is -1.72. The monoisotopic (exact) mass is 285 g/mol. The minimum Gasteiger partial charge on any atom is -0.307 e. The number of nitrogens with zero attached hydrogens (tertiary/aromatic N) is 4. The maximum atomic E-state index is 3.97. The Bertz CT molecular complexity index is 551. The van der Waals surface area contributed by atoms with E-state index in [0.717, 1.165) is 25.3 Å². The summed E-state index contributed by atoms with van der Waals surface area (Å²) in [5.74, 6) is 0. The Labute approximate surface area is 126 Å². The molecule has 1 aliphatic rings. The molecule has 5 heteroatoms. The third kappa shape index (κ3) is 3.89.